The highest BCUT2D eigenvalue weighted by atomic mass is 16.5. The van der Waals surface area contributed by atoms with Crippen LogP contribution in [0.25, 0.3) is 10.8 Å². The zero-order chi connectivity index (χ0) is 22.6. The Bertz CT molecular complexity index is 1080. The first kappa shape index (κ1) is 22.3. The van der Waals surface area contributed by atoms with Crippen LogP contribution in [0.1, 0.15) is 36.7 Å². The van der Waals surface area contributed by atoms with Gasteiger partial charge in [0.15, 0.2) is 0 Å². The van der Waals surface area contributed by atoms with Crippen LogP contribution in [0.4, 0.5) is 10.5 Å². The molecule has 0 aromatic heterocycles. The maximum atomic E-state index is 12.6. The zero-order valence-electron chi connectivity index (χ0n) is 17.9. The highest BCUT2D eigenvalue weighted by Gasteiger charge is 2.42. The number of nitrogens with zero attached hydrogens (tertiary/aromatic N) is 2. The summed E-state index contributed by atoms with van der Waals surface area (Å²) in [7, 11) is 0. The van der Waals surface area contributed by atoms with E-state index in [4.69, 9.17) is 5.21 Å². The summed E-state index contributed by atoms with van der Waals surface area (Å²) in [6.45, 7) is 7.16. The van der Waals surface area contributed by atoms with E-state index in [1.54, 1.807) is 17.6 Å². The lowest BCUT2D eigenvalue weighted by atomic mass is 9.93. The molecule has 0 spiro atoms. The largest absolute Gasteiger partial charge is 0.465 e. The Kier molecular flexibility index (Phi) is 6.58. The molecule has 0 aliphatic heterocycles. The lowest BCUT2D eigenvalue weighted by Gasteiger charge is -2.47. The van der Waals surface area contributed by atoms with Crippen molar-refractivity contribution in [2.24, 2.45) is 0 Å². The summed E-state index contributed by atoms with van der Waals surface area (Å²) < 4.78 is 0. The third-order valence-electron chi connectivity index (χ3n) is 5.79. The normalized spacial score (nSPS) is 13.1. The third-order valence-corrected chi connectivity index (χ3v) is 5.79. The Morgan fingerprint density at radius 3 is 2.10 bits per heavy atom. The molecule has 3 aromatic rings. The molecule has 7 heteroatoms. The number of hydroxylamine groups is 1. The molecule has 3 aromatic carbocycles. The number of carbonyl (C=O) groups excluding carboxylic acids is 1. The van der Waals surface area contributed by atoms with E-state index in [1.807, 2.05) is 63.2 Å². The molecule has 162 valence electrons. The summed E-state index contributed by atoms with van der Waals surface area (Å²) in [6, 6.07) is 20.1. The monoisotopic (exact) mass is 421 g/mol. The Morgan fingerprint density at radius 2 is 1.55 bits per heavy atom. The van der Waals surface area contributed by atoms with Crippen molar-refractivity contribution in [1.82, 2.24) is 10.4 Å². The van der Waals surface area contributed by atoms with E-state index in [0.29, 0.717) is 18.8 Å². The van der Waals surface area contributed by atoms with Crippen molar-refractivity contribution in [3.05, 3.63) is 77.9 Å². The number of carboxylic acid groups (broad SMARTS) is 1. The van der Waals surface area contributed by atoms with Gasteiger partial charge in [-0.3, -0.25) is 19.8 Å². The van der Waals surface area contributed by atoms with Crippen molar-refractivity contribution in [3.63, 3.8) is 0 Å². The zero-order valence-corrected chi connectivity index (χ0v) is 17.9. The second-order valence-corrected chi connectivity index (χ2v) is 7.36. The van der Waals surface area contributed by atoms with Gasteiger partial charge in [0.1, 0.15) is 5.66 Å². The molecule has 1 unspecified atom stereocenters. The molecule has 3 N–H and O–H groups in total. The van der Waals surface area contributed by atoms with Gasteiger partial charge in [-0.25, -0.2) is 10.3 Å². The Morgan fingerprint density at radius 1 is 0.935 bits per heavy atom. The van der Waals surface area contributed by atoms with E-state index in [-0.39, 0.29) is 5.56 Å². The highest BCUT2D eigenvalue weighted by Crippen LogP contribution is 2.37. The molecular weight excluding hydrogens is 394 g/mol. The van der Waals surface area contributed by atoms with Gasteiger partial charge in [0.05, 0.1) is 0 Å². The van der Waals surface area contributed by atoms with Crippen LogP contribution in [0, 0.1) is 0 Å². The Balaban J connectivity index is 2.20. The van der Waals surface area contributed by atoms with Crippen LogP contribution in [0.5, 0.6) is 0 Å². The summed E-state index contributed by atoms with van der Waals surface area (Å²) in [6.07, 6.45) is -1.11. The number of hydrogen-bond acceptors (Lipinski definition) is 4. The second kappa shape index (κ2) is 9.16. The fourth-order valence-corrected chi connectivity index (χ4v) is 4.15. The molecule has 0 bridgehead atoms. The highest BCUT2D eigenvalue weighted by molar-refractivity contribution is 5.95. The molecule has 2 amide bonds. The molecule has 0 fully saturated rings. The maximum Gasteiger partial charge on any atom is 0.413 e. The number of rotatable bonds is 7. The molecule has 0 radical (unpaired) electrons. The van der Waals surface area contributed by atoms with Crippen LogP contribution in [-0.2, 0) is 5.66 Å². The molecule has 0 aliphatic carbocycles. The van der Waals surface area contributed by atoms with E-state index in [2.05, 4.69) is 4.90 Å². The van der Waals surface area contributed by atoms with Crippen LogP contribution < -0.4 is 10.4 Å². The van der Waals surface area contributed by atoms with Crippen molar-refractivity contribution >= 4 is 28.5 Å². The smallest absolute Gasteiger partial charge is 0.413 e. The minimum absolute atomic E-state index is 0.229. The van der Waals surface area contributed by atoms with Crippen molar-refractivity contribution in [2.75, 3.05) is 18.0 Å². The summed E-state index contributed by atoms with van der Waals surface area (Å²) in [5.74, 6) is -0.658. The second-order valence-electron chi connectivity index (χ2n) is 7.36. The lowest BCUT2D eigenvalue weighted by Crippen LogP contribution is -2.58. The summed E-state index contributed by atoms with van der Waals surface area (Å²) in [4.78, 5) is 27.7. The van der Waals surface area contributed by atoms with E-state index in [9.17, 15) is 14.7 Å². The number of carbonyl (C=O) groups is 2. The Labute approximate surface area is 181 Å². The number of hydrogen-bond donors (Lipinski definition) is 3. The molecule has 3 rings (SSSR count). The number of amides is 2. The molecule has 0 heterocycles. The predicted molar refractivity (Wildman–Crippen MR) is 120 cm³/mol. The maximum absolute atomic E-state index is 12.6. The minimum Gasteiger partial charge on any atom is -0.465 e. The van der Waals surface area contributed by atoms with E-state index in [0.717, 1.165) is 16.3 Å². The van der Waals surface area contributed by atoms with Crippen molar-refractivity contribution < 1.29 is 19.9 Å². The van der Waals surface area contributed by atoms with Crippen LogP contribution in [0.2, 0.25) is 0 Å². The minimum atomic E-state index is -1.11. The van der Waals surface area contributed by atoms with Crippen LogP contribution in [0.3, 0.4) is 0 Å². The third kappa shape index (κ3) is 4.10. The van der Waals surface area contributed by atoms with Gasteiger partial charge >= 0.3 is 6.09 Å². The number of fused-ring (bicyclic) bond motifs is 1. The predicted octanol–water partition coefficient (Wildman–Crippen LogP) is 4.66. The van der Waals surface area contributed by atoms with E-state index < -0.39 is 17.7 Å². The van der Waals surface area contributed by atoms with Crippen molar-refractivity contribution in [1.29, 1.82) is 0 Å². The number of benzene rings is 3. The first-order valence-corrected chi connectivity index (χ1v) is 10.2. The lowest BCUT2D eigenvalue weighted by molar-refractivity contribution is 0.0706. The SMILES string of the molecule is CCN(CC)C(C)(c1ccc2ccccc2c1)N(C(=O)O)c1ccc(C(=O)NO)cc1. The average Bonchev–Trinajstić information content (AvgIpc) is 2.79. The molecular formula is C24H27N3O4. The first-order valence-electron chi connectivity index (χ1n) is 10.2. The van der Waals surface area contributed by atoms with E-state index in [1.165, 1.54) is 17.0 Å². The van der Waals surface area contributed by atoms with Gasteiger partial charge in [0, 0.05) is 11.3 Å². The van der Waals surface area contributed by atoms with Gasteiger partial charge in [-0.05, 0) is 66.7 Å². The quantitative estimate of drug-likeness (QED) is 0.293. The van der Waals surface area contributed by atoms with Gasteiger partial charge in [-0.1, -0.05) is 50.2 Å². The fraction of sp³-hybridized carbons (Fsp3) is 0.250. The topological polar surface area (TPSA) is 93.1 Å². The Hall–Kier alpha value is -3.42. The van der Waals surface area contributed by atoms with Gasteiger partial charge in [0.25, 0.3) is 5.91 Å². The number of anilines is 1. The van der Waals surface area contributed by atoms with Crippen molar-refractivity contribution in [3.8, 4) is 0 Å². The van der Waals surface area contributed by atoms with Gasteiger partial charge in [-0.15, -0.1) is 0 Å². The van der Waals surface area contributed by atoms with Crippen LogP contribution in [-0.4, -0.2) is 40.3 Å². The van der Waals surface area contributed by atoms with Gasteiger partial charge < -0.3 is 5.11 Å². The average molecular weight is 421 g/mol. The summed E-state index contributed by atoms with van der Waals surface area (Å²) in [5.41, 5.74) is 2.08. The molecule has 0 saturated carbocycles. The molecule has 7 nitrogen and oxygen atoms in total. The van der Waals surface area contributed by atoms with Crippen LogP contribution in [0.15, 0.2) is 66.7 Å². The fourth-order valence-electron chi connectivity index (χ4n) is 4.15. The summed E-state index contributed by atoms with van der Waals surface area (Å²) >= 11 is 0. The first-order chi connectivity index (χ1) is 14.9. The molecule has 1 atom stereocenters. The van der Waals surface area contributed by atoms with E-state index >= 15 is 0 Å². The van der Waals surface area contributed by atoms with Gasteiger partial charge in [0.2, 0.25) is 0 Å². The van der Waals surface area contributed by atoms with Crippen LogP contribution >= 0.6 is 0 Å². The molecule has 31 heavy (non-hydrogen) atoms. The number of nitrogens with one attached hydrogen (secondary N) is 1. The summed E-state index contributed by atoms with van der Waals surface area (Å²) in [5, 5.41) is 21.2. The van der Waals surface area contributed by atoms with Crippen molar-refractivity contribution in [2.45, 2.75) is 26.4 Å². The van der Waals surface area contributed by atoms with Gasteiger partial charge in [-0.2, -0.15) is 0 Å². The molecule has 0 aliphatic rings. The molecule has 0 saturated heterocycles. The standard InChI is InChI=1S/C24H27N3O4/c1-4-26(5-2)24(3,20-13-10-17-8-6-7-9-19(17)16-20)27(23(29)30)21-14-11-18(12-15-21)22(28)25-31/h6-16,31H,4-5H2,1-3H3,(H,25,28)(H,29,30).